The lowest BCUT2D eigenvalue weighted by Gasteiger charge is -2.34. The summed E-state index contributed by atoms with van der Waals surface area (Å²) < 4.78 is 5.25. The van der Waals surface area contributed by atoms with E-state index in [-0.39, 0.29) is 31.4 Å². The van der Waals surface area contributed by atoms with Crippen LogP contribution < -0.4 is 5.32 Å². The van der Waals surface area contributed by atoms with Crippen molar-refractivity contribution >= 4 is 29.4 Å². The van der Waals surface area contributed by atoms with Gasteiger partial charge in [0.1, 0.15) is 6.54 Å². The van der Waals surface area contributed by atoms with Crippen molar-refractivity contribution in [3.05, 3.63) is 46.1 Å². The minimum atomic E-state index is -0.470. The highest BCUT2D eigenvalue weighted by Gasteiger charge is 2.37. The Balaban J connectivity index is 2.29. The average Bonchev–Trinajstić information content (AvgIpc) is 2.65. The van der Waals surface area contributed by atoms with Crippen LogP contribution in [-0.4, -0.2) is 42.4 Å². The summed E-state index contributed by atoms with van der Waals surface area (Å²) in [6, 6.07) is 7.07. The highest BCUT2D eigenvalue weighted by Crippen LogP contribution is 2.37. The largest absolute Gasteiger partial charge is 0.463 e. The molecule has 2 amide bonds. The number of hydrogen-bond acceptors (Lipinski definition) is 4. The van der Waals surface area contributed by atoms with Crippen LogP contribution in [0.25, 0.3) is 0 Å². The van der Waals surface area contributed by atoms with Crippen LogP contribution >= 0.6 is 11.6 Å². The second-order valence-electron chi connectivity index (χ2n) is 7.54. The minimum Gasteiger partial charge on any atom is -0.463 e. The van der Waals surface area contributed by atoms with Gasteiger partial charge in [-0.3, -0.25) is 9.59 Å². The van der Waals surface area contributed by atoms with Gasteiger partial charge in [0.15, 0.2) is 0 Å². The zero-order chi connectivity index (χ0) is 21.6. The lowest BCUT2D eigenvalue weighted by atomic mass is 9.83. The third-order valence-corrected chi connectivity index (χ3v) is 5.19. The Morgan fingerprint density at radius 1 is 1.28 bits per heavy atom. The molecule has 1 aromatic rings. The van der Waals surface area contributed by atoms with Gasteiger partial charge < -0.3 is 15.0 Å². The van der Waals surface area contributed by atoms with E-state index >= 15 is 0 Å². The summed E-state index contributed by atoms with van der Waals surface area (Å²) in [7, 11) is 0. The topological polar surface area (TPSA) is 75.7 Å². The lowest BCUT2D eigenvalue weighted by Crippen LogP contribution is -2.44. The number of esters is 1. The van der Waals surface area contributed by atoms with Crippen molar-refractivity contribution < 1.29 is 19.1 Å². The van der Waals surface area contributed by atoms with Crippen LogP contribution in [0.15, 0.2) is 35.5 Å². The van der Waals surface area contributed by atoms with Gasteiger partial charge in [0, 0.05) is 29.6 Å². The summed E-state index contributed by atoms with van der Waals surface area (Å²) in [6.45, 7) is 8.25. The normalized spacial score (nSPS) is 17.0. The van der Waals surface area contributed by atoms with Crippen molar-refractivity contribution in [2.75, 3.05) is 19.7 Å². The molecule has 0 bridgehead atoms. The number of halogens is 1. The molecule has 0 fully saturated rings. The van der Waals surface area contributed by atoms with Crippen molar-refractivity contribution in [2.24, 2.45) is 5.92 Å². The van der Waals surface area contributed by atoms with E-state index in [9.17, 15) is 14.4 Å². The van der Waals surface area contributed by atoms with E-state index in [2.05, 4.69) is 19.2 Å². The van der Waals surface area contributed by atoms with Crippen molar-refractivity contribution in [3.63, 3.8) is 0 Å². The highest BCUT2D eigenvalue weighted by molar-refractivity contribution is 6.30. The molecule has 1 atom stereocenters. The van der Waals surface area contributed by atoms with Gasteiger partial charge in [-0.25, -0.2) is 4.79 Å². The first-order chi connectivity index (χ1) is 13.7. The third kappa shape index (κ3) is 6.07. The van der Waals surface area contributed by atoms with Gasteiger partial charge in [0.25, 0.3) is 0 Å². The zero-order valence-electron chi connectivity index (χ0n) is 17.5. The molecular weight excluding hydrogens is 392 g/mol. The fourth-order valence-corrected chi connectivity index (χ4v) is 3.48. The molecule has 1 aromatic carbocycles. The lowest BCUT2D eigenvalue weighted by molar-refractivity contribution is -0.141. The molecule has 7 heteroatoms. The molecule has 2 rings (SSSR count). The quantitative estimate of drug-likeness (QED) is 0.651. The smallest absolute Gasteiger partial charge is 0.336 e. The number of allylic oxidation sites excluding steroid dienone is 1. The summed E-state index contributed by atoms with van der Waals surface area (Å²) in [4.78, 5) is 39.2. The van der Waals surface area contributed by atoms with Gasteiger partial charge in [-0.05, 0) is 43.9 Å². The van der Waals surface area contributed by atoms with Crippen LogP contribution in [0.3, 0.4) is 0 Å². The van der Waals surface area contributed by atoms with E-state index in [1.54, 1.807) is 38.1 Å². The van der Waals surface area contributed by atoms with E-state index < -0.39 is 11.9 Å². The van der Waals surface area contributed by atoms with E-state index in [0.717, 1.165) is 12.0 Å². The molecule has 158 valence electrons. The minimum absolute atomic E-state index is 0.0897. The van der Waals surface area contributed by atoms with Crippen molar-refractivity contribution in [2.45, 2.75) is 46.5 Å². The van der Waals surface area contributed by atoms with Crippen LogP contribution in [0.4, 0.5) is 0 Å². The van der Waals surface area contributed by atoms with E-state index in [4.69, 9.17) is 16.3 Å². The Hall–Kier alpha value is -2.34. The number of nitrogens with one attached hydrogen (secondary N) is 1. The van der Waals surface area contributed by atoms with Gasteiger partial charge in [-0.1, -0.05) is 37.6 Å². The maximum absolute atomic E-state index is 12.8. The molecule has 1 heterocycles. The molecule has 0 aliphatic carbocycles. The fraction of sp³-hybridized carbons (Fsp3) is 0.500. The molecule has 0 aromatic heterocycles. The Labute approximate surface area is 177 Å². The second-order valence-corrected chi connectivity index (χ2v) is 7.98. The Kier molecular flexibility index (Phi) is 8.26. The Morgan fingerprint density at radius 3 is 2.52 bits per heavy atom. The summed E-state index contributed by atoms with van der Waals surface area (Å²) in [5.41, 5.74) is 1.67. The molecule has 0 saturated carbocycles. The van der Waals surface area contributed by atoms with E-state index in [0.29, 0.717) is 28.8 Å². The van der Waals surface area contributed by atoms with Gasteiger partial charge >= 0.3 is 5.97 Å². The summed E-state index contributed by atoms with van der Waals surface area (Å²) >= 11 is 5.97. The van der Waals surface area contributed by atoms with Crippen LogP contribution in [0, 0.1) is 5.92 Å². The van der Waals surface area contributed by atoms with Crippen LogP contribution in [0.2, 0.25) is 5.02 Å². The maximum Gasteiger partial charge on any atom is 0.336 e. The fourth-order valence-electron chi connectivity index (χ4n) is 3.36. The number of carbonyl (C=O) groups excluding carboxylic acids is 3. The number of carbonyl (C=O) groups is 3. The predicted molar refractivity (Wildman–Crippen MR) is 112 cm³/mol. The van der Waals surface area contributed by atoms with E-state index in [1.165, 1.54) is 4.90 Å². The first-order valence-electron chi connectivity index (χ1n) is 9.95. The standard InChI is InChI=1S/C22H29ClN2O4/c1-5-29-22(28)21-15(4)25(13-19(26)24-11-10-14(2)3)20(27)12-18(21)16-6-8-17(23)9-7-16/h6-9,14,18H,5,10-13H2,1-4H3,(H,24,26). The number of nitrogens with zero attached hydrogens (tertiary/aromatic N) is 1. The number of hydrogen-bond donors (Lipinski definition) is 1. The SMILES string of the molecule is CCOC(=O)C1=C(C)N(CC(=O)NCCC(C)C)C(=O)CC1c1ccc(Cl)cc1. The maximum atomic E-state index is 12.8. The summed E-state index contributed by atoms with van der Waals surface area (Å²) in [6.07, 6.45) is 0.952. The highest BCUT2D eigenvalue weighted by atomic mass is 35.5. The van der Waals surface area contributed by atoms with Gasteiger partial charge in [-0.2, -0.15) is 0 Å². The van der Waals surface area contributed by atoms with E-state index in [1.807, 2.05) is 0 Å². The van der Waals surface area contributed by atoms with Gasteiger partial charge in [-0.15, -0.1) is 0 Å². The molecule has 1 aliphatic heterocycles. The van der Waals surface area contributed by atoms with Crippen LogP contribution in [0.5, 0.6) is 0 Å². The third-order valence-electron chi connectivity index (χ3n) is 4.94. The molecule has 6 nitrogen and oxygen atoms in total. The van der Waals surface area contributed by atoms with Crippen LogP contribution in [0.1, 0.15) is 52.0 Å². The molecule has 0 spiro atoms. The van der Waals surface area contributed by atoms with Gasteiger partial charge in [0.05, 0.1) is 12.2 Å². The molecule has 29 heavy (non-hydrogen) atoms. The van der Waals surface area contributed by atoms with Crippen molar-refractivity contribution in [1.82, 2.24) is 10.2 Å². The zero-order valence-corrected chi connectivity index (χ0v) is 18.2. The summed E-state index contributed by atoms with van der Waals surface area (Å²) in [5.74, 6) is -0.869. The van der Waals surface area contributed by atoms with Gasteiger partial charge in [0.2, 0.25) is 11.8 Å². The van der Waals surface area contributed by atoms with Crippen LogP contribution in [-0.2, 0) is 19.1 Å². The number of rotatable bonds is 8. The first kappa shape index (κ1) is 22.9. The molecule has 1 N–H and O–H groups in total. The Morgan fingerprint density at radius 2 is 1.93 bits per heavy atom. The Bertz CT molecular complexity index is 787. The molecule has 0 saturated heterocycles. The monoisotopic (exact) mass is 420 g/mol. The average molecular weight is 421 g/mol. The molecular formula is C22H29ClN2O4. The summed E-state index contributed by atoms with van der Waals surface area (Å²) in [5, 5.41) is 3.41. The molecule has 0 radical (unpaired) electrons. The molecule has 1 unspecified atom stereocenters. The number of ether oxygens (including phenoxy) is 1. The van der Waals surface area contributed by atoms with Crippen molar-refractivity contribution in [1.29, 1.82) is 0 Å². The second kappa shape index (κ2) is 10.4. The number of amides is 2. The van der Waals surface area contributed by atoms with Crippen molar-refractivity contribution in [3.8, 4) is 0 Å². The molecule has 1 aliphatic rings. The number of benzene rings is 1. The predicted octanol–water partition coefficient (Wildman–Crippen LogP) is 3.66. The first-order valence-corrected chi connectivity index (χ1v) is 10.3.